The van der Waals surface area contributed by atoms with Crippen LogP contribution in [0.25, 0.3) is 0 Å². The molecule has 0 fully saturated rings. The zero-order valence-corrected chi connectivity index (χ0v) is 13.5. The fraction of sp³-hybridized carbons (Fsp3) is 0.412. The van der Waals surface area contributed by atoms with E-state index in [0.29, 0.717) is 18.7 Å². The number of nitrogens with one attached hydrogen (secondary N) is 1. The van der Waals surface area contributed by atoms with Gasteiger partial charge in [-0.05, 0) is 38.0 Å². The van der Waals surface area contributed by atoms with Crippen LogP contribution in [0.4, 0.5) is 0 Å². The Morgan fingerprint density at radius 3 is 2.77 bits per heavy atom. The molecule has 22 heavy (non-hydrogen) atoms. The molecule has 0 aliphatic rings. The van der Waals surface area contributed by atoms with Gasteiger partial charge in [0.15, 0.2) is 0 Å². The average molecular weight is 302 g/mol. The summed E-state index contributed by atoms with van der Waals surface area (Å²) in [5.41, 5.74) is 2.67. The molecule has 2 aromatic rings. The van der Waals surface area contributed by atoms with E-state index in [1.165, 1.54) is 0 Å². The number of hydrogen-bond donors (Lipinski definition) is 1. The van der Waals surface area contributed by atoms with Crippen molar-refractivity contribution in [1.82, 2.24) is 10.5 Å². The monoisotopic (exact) mass is 302 g/mol. The minimum Gasteiger partial charge on any atom is -0.497 e. The molecule has 0 unspecified atom stereocenters. The summed E-state index contributed by atoms with van der Waals surface area (Å²) in [5.74, 6) is 1.24. The lowest BCUT2D eigenvalue weighted by Crippen LogP contribution is -2.29. The third-order valence-electron chi connectivity index (χ3n) is 3.76. The van der Waals surface area contributed by atoms with Crippen LogP contribution in [0.1, 0.15) is 41.8 Å². The van der Waals surface area contributed by atoms with Gasteiger partial charge in [-0.2, -0.15) is 0 Å². The fourth-order valence-electron chi connectivity index (χ4n) is 2.60. The van der Waals surface area contributed by atoms with Gasteiger partial charge in [-0.25, -0.2) is 0 Å². The molecular formula is C17H22N2O3. The van der Waals surface area contributed by atoms with Gasteiger partial charge >= 0.3 is 0 Å². The first-order chi connectivity index (χ1) is 10.6. The minimum atomic E-state index is -0.239. The standard InChI is InChI=1S/C17H22N2O3/c1-5-15(16-11(2)19-22-12(16)3)17(20)18-10-13-7-6-8-14(9-13)21-4/h6-9,15H,5,10H2,1-4H3,(H,18,20)/t15-/m0/s1. The van der Waals surface area contributed by atoms with E-state index in [9.17, 15) is 4.79 Å². The summed E-state index contributed by atoms with van der Waals surface area (Å²) < 4.78 is 10.4. The van der Waals surface area contributed by atoms with E-state index in [2.05, 4.69) is 10.5 Å². The van der Waals surface area contributed by atoms with Gasteiger partial charge in [0.05, 0.1) is 18.7 Å². The predicted molar refractivity (Wildman–Crippen MR) is 83.8 cm³/mol. The van der Waals surface area contributed by atoms with Crippen LogP contribution in [0, 0.1) is 13.8 Å². The highest BCUT2D eigenvalue weighted by atomic mass is 16.5. The van der Waals surface area contributed by atoms with E-state index in [-0.39, 0.29) is 11.8 Å². The Balaban J connectivity index is 2.07. The number of aromatic nitrogens is 1. The Morgan fingerprint density at radius 2 is 2.18 bits per heavy atom. The molecule has 0 aliphatic carbocycles. The molecule has 1 N–H and O–H groups in total. The smallest absolute Gasteiger partial charge is 0.228 e. The molecule has 1 heterocycles. The SMILES string of the molecule is CC[C@H](C(=O)NCc1cccc(OC)c1)c1c(C)noc1C. The van der Waals surface area contributed by atoms with Crippen LogP contribution in [-0.2, 0) is 11.3 Å². The number of hydrogen-bond acceptors (Lipinski definition) is 4. The van der Waals surface area contributed by atoms with Crippen LogP contribution in [0.5, 0.6) is 5.75 Å². The predicted octanol–water partition coefficient (Wildman–Crippen LogP) is 3.11. The molecule has 0 saturated carbocycles. The van der Waals surface area contributed by atoms with Crippen molar-refractivity contribution in [1.29, 1.82) is 0 Å². The number of amides is 1. The van der Waals surface area contributed by atoms with Crippen LogP contribution in [0.3, 0.4) is 0 Å². The second-order valence-electron chi connectivity index (χ2n) is 5.27. The van der Waals surface area contributed by atoms with Crippen LogP contribution >= 0.6 is 0 Å². The molecule has 5 nitrogen and oxygen atoms in total. The molecule has 0 aliphatic heterocycles. The van der Waals surface area contributed by atoms with Gasteiger partial charge in [0.2, 0.25) is 5.91 Å². The van der Waals surface area contributed by atoms with E-state index >= 15 is 0 Å². The number of benzene rings is 1. The Labute approximate surface area is 130 Å². The summed E-state index contributed by atoms with van der Waals surface area (Å²) in [7, 11) is 1.63. The number of aryl methyl sites for hydroxylation is 2. The Morgan fingerprint density at radius 1 is 1.41 bits per heavy atom. The van der Waals surface area contributed by atoms with E-state index in [1.807, 2.05) is 45.0 Å². The number of carbonyl (C=O) groups is 1. The van der Waals surface area contributed by atoms with Crippen molar-refractivity contribution in [2.45, 2.75) is 39.7 Å². The highest BCUT2D eigenvalue weighted by Gasteiger charge is 2.25. The quantitative estimate of drug-likeness (QED) is 0.890. The fourth-order valence-corrected chi connectivity index (χ4v) is 2.60. The lowest BCUT2D eigenvalue weighted by atomic mass is 9.94. The molecule has 5 heteroatoms. The van der Waals surface area contributed by atoms with Crippen LogP contribution in [0.15, 0.2) is 28.8 Å². The van der Waals surface area contributed by atoms with Crippen molar-refractivity contribution in [2.24, 2.45) is 0 Å². The molecular weight excluding hydrogens is 280 g/mol. The highest BCUT2D eigenvalue weighted by molar-refractivity contribution is 5.84. The number of nitrogens with zero attached hydrogens (tertiary/aromatic N) is 1. The molecule has 1 amide bonds. The largest absolute Gasteiger partial charge is 0.497 e. The van der Waals surface area contributed by atoms with Gasteiger partial charge in [-0.3, -0.25) is 4.79 Å². The maximum atomic E-state index is 12.5. The zero-order valence-electron chi connectivity index (χ0n) is 13.5. The summed E-state index contributed by atoms with van der Waals surface area (Å²) in [6, 6.07) is 7.66. The van der Waals surface area contributed by atoms with E-state index in [1.54, 1.807) is 7.11 Å². The van der Waals surface area contributed by atoms with Gasteiger partial charge in [0.25, 0.3) is 0 Å². The molecule has 118 valence electrons. The van der Waals surface area contributed by atoms with Gasteiger partial charge in [0, 0.05) is 12.1 Å². The van der Waals surface area contributed by atoms with Crippen molar-refractivity contribution in [3.8, 4) is 5.75 Å². The minimum absolute atomic E-state index is 0.0141. The molecule has 0 saturated heterocycles. The molecule has 0 spiro atoms. The molecule has 0 radical (unpaired) electrons. The Bertz CT molecular complexity index is 630. The molecule has 1 aromatic heterocycles. The Hall–Kier alpha value is -2.30. The lowest BCUT2D eigenvalue weighted by molar-refractivity contribution is -0.122. The summed E-state index contributed by atoms with van der Waals surface area (Å²) in [6.07, 6.45) is 0.701. The third kappa shape index (κ3) is 3.47. The first kappa shape index (κ1) is 16.1. The summed E-state index contributed by atoms with van der Waals surface area (Å²) >= 11 is 0. The van der Waals surface area contributed by atoms with Crippen LogP contribution in [0.2, 0.25) is 0 Å². The van der Waals surface area contributed by atoms with E-state index in [4.69, 9.17) is 9.26 Å². The van der Waals surface area contributed by atoms with Crippen molar-refractivity contribution < 1.29 is 14.1 Å². The number of methoxy groups -OCH3 is 1. The van der Waals surface area contributed by atoms with Crippen molar-refractivity contribution in [2.75, 3.05) is 7.11 Å². The van der Waals surface area contributed by atoms with Crippen LogP contribution < -0.4 is 10.1 Å². The maximum Gasteiger partial charge on any atom is 0.228 e. The first-order valence-electron chi connectivity index (χ1n) is 7.40. The summed E-state index contributed by atoms with van der Waals surface area (Å²) in [5, 5.41) is 6.92. The van der Waals surface area contributed by atoms with E-state index in [0.717, 1.165) is 22.6 Å². The number of ether oxygens (including phenoxy) is 1. The first-order valence-corrected chi connectivity index (χ1v) is 7.40. The third-order valence-corrected chi connectivity index (χ3v) is 3.76. The molecule has 1 atom stereocenters. The van der Waals surface area contributed by atoms with Crippen LogP contribution in [-0.4, -0.2) is 18.2 Å². The molecule has 1 aromatic carbocycles. The zero-order chi connectivity index (χ0) is 16.1. The van der Waals surface area contributed by atoms with Gasteiger partial charge < -0.3 is 14.6 Å². The second kappa shape index (κ2) is 7.11. The second-order valence-corrected chi connectivity index (χ2v) is 5.27. The van der Waals surface area contributed by atoms with Gasteiger partial charge in [-0.1, -0.05) is 24.2 Å². The highest BCUT2D eigenvalue weighted by Crippen LogP contribution is 2.26. The van der Waals surface area contributed by atoms with E-state index < -0.39 is 0 Å². The summed E-state index contributed by atoms with van der Waals surface area (Å²) in [6.45, 7) is 6.16. The normalized spacial score (nSPS) is 12.0. The van der Waals surface area contributed by atoms with Gasteiger partial charge in [-0.15, -0.1) is 0 Å². The summed E-state index contributed by atoms with van der Waals surface area (Å²) in [4.78, 5) is 12.5. The number of rotatable bonds is 6. The lowest BCUT2D eigenvalue weighted by Gasteiger charge is -2.15. The van der Waals surface area contributed by atoms with Crippen molar-refractivity contribution in [3.63, 3.8) is 0 Å². The topological polar surface area (TPSA) is 64.4 Å². The molecule has 0 bridgehead atoms. The maximum absolute atomic E-state index is 12.5. The Kier molecular flexibility index (Phi) is 5.20. The van der Waals surface area contributed by atoms with Gasteiger partial charge in [0.1, 0.15) is 11.5 Å². The van der Waals surface area contributed by atoms with Crippen molar-refractivity contribution in [3.05, 3.63) is 46.8 Å². The van der Waals surface area contributed by atoms with Crippen molar-refractivity contribution >= 4 is 5.91 Å². The molecule has 2 rings (SSSR count). The number of carbonyl (C=O) groups excluding carboxylic acids is 1. The average Bonchev–Trinajstić information content (AvgIpc) is 2.86.